The third kappa shape index (κ3) is 5.45. The van der Waals surface area contributed by atoms with Crippen molar-refractivity contribution in [3.63, 3.8) is 0 Å². The Morgan fingerprint density at radius 1 is 1.00 bits per heavy atom. The number of para-hydroxylation sites is 1. The van der Waals surface area contributed by atoms with E-state index in [1.165, 1.54) is 0 Å². The SMILES string of the molecule is Cc1cc(C)nc(-n2ncc(/C=C/CN3CCN(c4ccccc4Cl)CC3)c2C)n1.Cl. The van der Waals surface area contributed by atoms with Crippen LogP contribution < -0.4 is 4.90 Å². The zero-order chi connectivity index (χ0) is 21.1. The average molecular weight is 459 g/mol. The van der Waals surface area contributed by atoms with Gasteiger partial charge < -0.3 is 4.90 Å². The van der Waals surface area contributed by atoms with E-state index in [-0.39, 0.29) is 12.4 Å². The molecule has 8 heteroatoms. The van der Waals surface area contributed by atoms with Gasteiger partial charge in [-0.15, -0.1) is 12.4 Å². The van der Waals surface area contributed by atoms with Gasteiger partial charge in [0, 0.05) is 49.7 Å². The molecule has 1 aliphatic rings. The van der Waals surface area contributed by atoms with Crippen LogP contribution in [0.4, 0.5) is 5.69 Å². The first-order chi connectivity index (χ1) is 14.5. The molecule has 31 heavy (non-hydrogen) atoms. The van der Waals surface area contributed by atoms with Crippen molar-refractivity contribution in [1.82, 2.24) is 24.6 Å². The quantitative estimate of drug-likeness (QED) is 0.563. The van der Waals surface area contributed by atoms with E-state index in [1.807, 2.05) is 49.0 Å². The lowest BCUT2D eigenvalue weighted by atomic mass is 10.2. The summed E-state index contributed by atoms with van der Waals surface area (Å²) in [5.74, 6) is 0.625. The number of nitrogens with zero attached hydrogens (tertiary/aromatic N) is 6. The lowest BCUT2D eigenvalue weighted by Crippen LogP contribution is -2.46. The molecule has 0 amide bonds. The van der Waals surface area contributed by atoms with Gasteiger partial charge in [0.1, 0.15) is 0 Å². The minimum absolute atomic E-state index is 0. The summed E-state index contributed by atoms with van der Waals surface area (Å²) in [5, 5.41) is 5.32. The van der Waals surface area contributed by atoms with Crippen molar-refractivity contribution in [2.75, 3.05) is 37.6 Å². The fraction of sp³-hybridized carbons (Fsp3) is 0.348. The number of hydrogen-bond donors (Lipinski definition) is 0. The summed E-state index contributed by atoms with van der Waals surface area (Å²) in [6.07, 6.45) is 6.23. The molecular formula is C23H28Cl2N6. The zero-order valence-electron chi connectivity index (χ0n) is 18.1. The third-order valence-electron chi connectivity index (χ3n) is 5.43. The number of benzene rings is 1. The largest absolute Gasteiger partial charge is 0.368 e. The van der Waals surface area contributed by atoms with Gasteiger partial charge in [-0.1, -0.05) is 35.9 Å². The molecule has 0 spiro atoms. The minimum atomic E-state index is 0. The Morgan fingerprint density at radius 3 is 2.35 bits per heavy atom. The van der Waals surface area contributed by atoms with Crippen molar-refractivity contribution >= 4 is 35.8 Å². The normalized spacial score (nSPS) is 14.8. The Kier molecular flexibility index (Phi) is 7.70. The zero-order valence-corrected chi connectivity index (χ0v) is 19.7. The highest BCUT2D eigenvalue weighted by Crippen LogP contribution is 2.26. The molecule has 1 aromatic carbocycles. The smallest absolute Gasteiger partial charge is 0.251 e. The van der Waals surface area contributed by atoms with E-state index in [0.29, 0.717) is 5.95 Å². The number of piperazine rings is 1. The van der Waals surface area contributed by atoms with E-state index in [9.17, 15) is 0 Å². The molecule has 1 aliphatic heterocycles. The van der Waals surface area contributed by atoms with E-state index in [1.54, 1.807) is 0 Å². The van der Waals surface area contributed by atoms with Crippen molar-refractivity contribution < 1.29 is 0 Å². The maximum Gasteiger partial charge on any atom is 0.251 e. The van der Waals surface area contributed by atoms with Crippen LogP contribution in [0.2, 0.25) is 5.02 Å². The second-order valence-corrected chi connectivity index (χ2v) is 8.10. The molecule has 6 nitrogen and oxygen atoms in total. The molecule has 0 N–H and O–H groups in total. The predicted molar refractivity (Wildman–Crippen MR) is 130 cm³/mol. The van der Waals surface area contributed by atoms with Crippen molar-refractivity contribution in [3.8, 4) is 5.95 Å². The van der Waals surface area contributed by atoms with Gasteiger partial charge in [0.15, 0.2) is 0 Å². The molecule has 0 atom stereocenters. The fourth-order valence-corrected chi connectivity index (χ4v) is 4.05. The van der Waals surface area contributed by atoms with Gasteiger partial charge >= 0.3 is 0 Å². The van der Waals surface area contributed by atoms with Crippen LogP contribution in [0.15, 0.2) is 42.6 Å². The Balaban J connectivity index is 0.00000272. The molecule has 0 unspecified atom stereocenters. The third-order valence-corrected chi connectivity index (χ3v) is 5.75. The number of anilines is 1. The van der Waals surface area contributed by atoms with Crippen LogP contribution in [0.25, 0.3) is 12.0 Å². The van der Waals surface area contributed by atoms with Gasteiger partial charge in [-0.2, -0.15) is 5.10 Å². The van der Waals surface area contributed by atoms with E-state index < -0.39 is 0 Å². The van der Waals surface area contributed by atoms with Crippen molar-refractivity contribution in [1.29, 1.82) is 0 Å². The Morgan fingerprint density at radius 2 is 1.68 bits per heavy atom. The van der Waals surface area contributed by atoms with Crippen LogP contribution in [0, 0.1) is 20.8 Å². The molecule has 164 valence electrons. The molecule has 3 aromatic rings. The van der Waals surface area contributed by atoms with Gasteiger partial charge in [0.05, 0.1) is 22.6 Å². The first-order valence-corrected chi connectivity index (χ1v) is 10.6. The first kappa shape index (κ1) is 23.3. The second-order valence-electron chi connectivity index (χ2n) is 7.69. The van der Waals surface area contributed by atoms with Gasteiger partial charge in [-0.05, 0) is 39.0 Å². The molecule has 1 fully saturated rings. The average Bonchev–Trinajstić information content (AvgIpc) is 3.09. The van der Waals surface area contributed by atoms with Gasteiger partial charge in [0.25, 0.3) is 5.95 Å². The molecular weight excluding hydrogens is 431 g/mol. The van der Waals surface area contributed by atoms with Crippen LogP contribution in [0.1, 0.15) is 22.6 Å². The Hall–Kier alpha value is -2.41. The van der Waals surface area contributed by atoms with Crippen molar-refractivity contribution in [2.45, 2.75) is 20.8 Å². The maximum absolute atomic E-state index is 6.34. The first-order valence-electron chi connectivity index (χ1n) is 10.3. The van der Waals surface area contributed by atoms with E-state index >= 15 is 0 Å². The highest BCUT2D eigenvalue weighted by molar-refractivity contribution is 6.33. The molecule has 2 aromatic heterocycles. The lowest BCUT2D eigenvalue weighted by Gasteiger charge is -2.36. The maximum atomic E-state index is 6.34. The predicted octanol–water partition coefficient (Wildman–Crippen LogP) is 4.50. The molecule has 0 aliphatic carbocycles. The van der Waals surface area contributed by atoms with Crippen molar-refractivity contribution in [2.24, 2.45) is 0 Å². The van der Waals surface area contributed by atoms with Gasteiger partial charge in [-0.25, -0.2) is 14.6 Å². The highest BCUT2D eigenvalue weighted by atomic mass is 35.5. The highest BCUT2D eigenvalue weighted by Gasteiger charge is 2.18. The standard InChI is InChI=1S/C23H27ClN6.ClH/c1-17-15-18(2)27-23(26-17)30-19(3)20(16-25-30)7-6-10-28-11-13-29(14-12-28)22-9-5-4-8-21(22)24;/h4-9,15-16H,10-14H2,1-3H3;1H/b7-6+;. The number of aryl methyl sites for hydroxylation is 2. The van der Waals surface area contributed by atoms with Crippen LogP contribution in [-0.4, -0.2) is 57.4 Å². The second kappa shape index (κ2) is 10.3. The molecule has 1 saturated heterocycles. The Bertz CT molecular complexity index is 1030. The van der Waals surface area contributed by atoms with Crippen LogP contribution in [0.3, 0.4) is 0 Å². The van der Waals surface area contributed by atoms with Crippen LogP contribution in [-0.2, 0) is 0 Å². The number of halogens is 2. The van der Waals surface area contributed by atoms with Crippen molar-refractivity contribution in [3.05, 3.63) is 70.3 Å². The summed E-state index contributed by atoms with van der Waals surface area (Å²) in [6.45, 7) is 10.9. The van der Waals surface area contributed by atoms with Crippen LogP contribution in [0.5, 0.6) is 0 Å². The molecule has 3 heterocycles. The minimum Gasteiger partial charge on any atom is -0.368 e. The topological polar surface area (TPSA) is 50.1 Å². The lowest BCUT2D eigenvalue weighted by molar-refractivity contribution is 0.284. The Labute approximate surface area is 195 Å². The molecule has 0 saturated carbocycles. The number of rotatable bonds is 5. The van der Waals surface area contributed by atoms with E-state index in [0.717, 1.165) is 66.1 Å². The summed E-state index contributed by atoms with van der Waals surface area (Å²) < 4.78 is 1.81. The van der Waals surface area contributed by atoms with Crippen LogP contribution >= 0.6 is 24.0 Å². The van der Waals surface area contributed by atoms with E-state index in [2.05, 4.69) is 50.0 Å². The monoisotopic (exact) mass is 458 g/mol. The van der Waals surface area contributed by atoms with Gasteiger partial charge in [-0.3, -0.25) is 4.90 Å². The van der Waals surface area contributed by atoms with E-state index in [4.69, 9.17) is 11.6 Å². The molecule has 0 bridgehead atoms. The summed E-state index contributed by atoms with van der Waals surface area (Å²) >= 11 is 6.34. The molecule has 0 radical (unpaired) electrons. The summed E-state index contributed by atoms with van der Waals surface area (Å²) in [5.41, 5.74) is 5.15. The number of aromatic nitrogens is 4. The number of hydrogen-bond acceptors (Lipinski definition) is 5. The molecule has 4 rings (SSSR count). The summed E-state index contributed by atoms with van der Waals surface area (Å²) in [7, 11) is 0. The summed E-state index contributed by atoms with van der Waals surface area (Å²) in [4.78, 5) is 13.8. The van der Waals surface area contributed by atoms with Gasteiger partial charge in [0.2, 0.25) is 0 Å². The summed E-state index contributed by atoms with van der Waals surface area (Å²) in [6, 6.07) is 10.0. The fourth-order valence-electron chi connectivity index (χ4n) is 3.80.